The molecule has 0 spiro atoms. The third-order valence-corrected chi connectivity index (χ3v) is 4.86. The van der Waals surface area contributed by atoms with E-state index in [0.29, 0.717) is 23.7 Å². The highest BCUT2D eigenvalue weighted by molar-refractivity contribution is 7.89. The van der Waals surface area contributed by atoms with Crippen molar-refractivity contribution in [2.45, 2.75) is 17.7 Å². The van der Waals surface area contributed by atoms with Gasteiger partial charge in [-0.1, -0.05) is 12.2 Å². The van der Waals surface area contributed by atoms with Gasteiger partial charge in [-0.25, -0.2) is 8.42 Å². The minimum Gasteiger partial charge on any atom is -0.399 e. The molecule has 0 amide bonds. The summed E-state index contributed by atoms with van der Waals surface area (Å²) in [7, 11) is -3.37. The van der Waals surface area contributed by atoms with E-state index in [2.05, 4.69) is 6.58 Å². The molecule has 1 aliphatic heterocycles. The molecule has 0 aromatic heterocycles. The van der Waals surface area contributed by atoms with Crippen molar-refractivity contribution in [1.29, 1.82) is 0 Å². The van der Waals surface area contributed by atoms with Gasteiger partial charge in [0.1, 0.15) is 0 Å². The Balaban J connectivity index is 2.24. The summed E-state index contributed by atoms with van der Waals surface area (Å²) in [6.45, 7) is 4.92. The quantitative estimate of drug-likeness (QED) is 0.642. The van der Waals surface area contributed by atoms with Crippen LogP contribution in [-0.2, 0) is 10.0 Å². The lowest BCUT2D eigenvalue weighted by atomic mass is 10.1. The van der Waals surface area contributed by atoms with Crippen LogP contribution in [0.2, 0.25) is 0 Å². The van der Waals surface area contributed by atoms with Crippen molar-refractivity contribution in [2.24, 2.45) is 0 Å². The predicted octanol–water partition coefficient (Wildman–Crippen LogP) is 1.61. The van der Waals surface area contributed by atoms with Gasteiger partial charge in [-0.05, 0) is 37.1 Å². The smallest absolute Gasteiger partial charge is 0.243 e. The van der Waals surface area contributed by atoms with Crippen LogP contribution in [0.25, 0.3) is 0 Å². The molecule has 0 saturated carbocycles. The second-order valence-electron chi connectivity index (χ2n) is 4.22. The van der Waals surface area contributed by atoms with E-state index in [1.165, 1.54) is 4.31 Å². The van der Waals surface area contributed by atoms with Crippen molar-refractivity contribution in [3.63, 3.8) is 0 Å². The molecule has 2 rings (SSSR count). The number of piperidine rings is 1. The fourth-order valence-corrected chi connectivity index (χ4v) is 3.27. The molecule has 0 bridgehead atoms. The first-order chi connectivity index (χ1) is 8.00. The van der Waals surface area contributed by atoms with E-state index < -0.39 is 10.0 Å². The third kappa shape index (κ3) is 2.50. The lowest BCUT2D eigenvalue weighted by molar-refractivity contribution is 0.387. The molecule has 5 heteroatoms. The number of rotatable bonds is 2. The number of hydrogen-bond acceptors (Lipinski definition) is 3. The Hall–Kier alpha value is -1.33. The Morgan fingerprint density at radius 2 is 1.65 bits per heavy atom. The molecule has 1 aromatic carbocycles. The summed E-state index contributed by atoms with van der Waals surface area (Å²) < 4.78 is 26.0. The Morgan fingerprint density at radius 1 is 1.12 bits per heavy atom. The van der Waals surface area contributed by atoms with Crippen LogP contribution in [0.5, 0.6) is 0 Å². The molecular formula is C12H16N2O2S. The highest BCUT2D eigenvalue weighted by Crippen LogP contribution is 2.22. The first kappa shape index (κ1) is 12.1. The molecule has 0 aliphatic carbocycles. The second-order valence-corrected chi connectivity index (χ2v) is 6.16. The van der Waals surface area contributed by atoms with Gasteiger partial charge in [0.05, 0.1) is 4.90 Å². The van der Waals surface area contributed by atoms with E-state index in [9.17, 15) is 8.42 Å². The first-order valence-corrected chi connectivity index (χ1v) is 6.96. The Kier molecular flexibility index (Phi) is 3.22. The fourth-order valence-electron chi connectivity index (χ4n) is 1.83. The minimum absolute atomic E-state index is 0.305. The van der Waals surface area contributed by atoms with Gasteiger partial charge < -0.3 is 5.73 Å². The van der Waals surface area contributed by atoms with E-state index in [4.69, 9.17) is 5.73 Å². The maximum absolute atomic E-state index is 12.3. The number of sulfonamides is 1. The van der Waals surface area contributed by atoms with Gasteiger partial charge in [-0.2, -0.15) is 4.31 Å². The van der Waals surface area contributed by atoms with Gasteiger partial charge >= 0.3 is 0 Å². The summed E-state index contributed by atoms with van der Waals surface area (Å²) >= 11 is 0. The van der Waals surface area contributed by atoms with Gasteiger partial charge in [-0.3, -0.25) is 0 Å². The summed E-state index contributed by atoms with van der Waals surface area (Å²) in [5.74, 6) is 0. The van der Waals surface area contributed by atoms with Gasteiger partial charge in [0.2, 0.25) is 10.0 Å². The van der Waals surface area contributed by atoms with E-state index in [1.807, 2.05) is 0 Å². The summed E-state index contributed by atoms with van der Waals surface area (Å²) in [5, 5.41) is 0. The number of benzene rings is 1. The van der Waals surface area contributed by atoms with Crippen LogP contribution in [0, 0.1) is 0 Å². The number of hydrogen-bond donors (Lipinski definition) is 1. The number of nitrogens with zero attached hydrogens (tertiary/aromatic N) is 1. The molecule has 1 fully saturated rings. The van der Waals surface area contributed by atoms with E-state index in [-0.39, 0.29) is 0 Å². The summed E-state index contributed by atoms with van der Waals surface area (Å²) in [6, 6.07) is 6.31. The molecule has 0 unspecified atom stereocenters. The number of nitrogen functional groups attached to an aromatic ring is 1. The van der Waals surface area contributed by atoms with Crippen molar-refractivity contribution in [2.75, 3.05) is 18.8 Å². The molecule has 1 heterocycles. The topological polar surface area (TPSA) is 63.4 Å². The summed E-state index contributed by atoms with van der Waals surface area (Å²) in [6.07, 6.45) is 1.49. The monoisotopic (exact) mass is 252 g/mol. The largest absolute Gasteiger partial charge is 0.399 e. The van der Waals surface area contributed by atoms with Crippen molar-refractivity contribution in [3.05, 3.63) is 36.4 Å². The number of nitrogens with two attached hydrogens (primary N) is 1. The Morgan fingerprint density at radius 3 is 2.18 bits per heavy atom. The van der Waals surface area contributed by atoms with Gasteiger partial charge in [0.25, 0.3) is 0 Å². The Labute approximate surface area is 102 Å². The van der Waals surface area contributed by atoms with Crippen LogP contribution >= 0.6 is 0 Å². The van der Waals surface area contributed by atoms with E-state index in [1.54, 1.807) is 24.3 Å². The molecule has 2 N–H and O–H groups in total. The average Bonchev–Trinajstić information content (AvgIpc) is 2.30. The molecule has 4 nitrogen and oxygen atoms in total. The zero-order chi connectivity index (χ0) is 12.5. The van der Waals surface area contributed by atoms with Crippen LogP contribution in [0.15, 0.2) is 41.3 Å². The van der Waals surface area contributed by atoms with Crippen molar-refractivity contribution in [1.82, 2.24) is 4.31 Å². The van der Waals surface area contributed by atoms with Crippen molar-refractivity contribution >= 4 is 15.7 Å². The molecule has 1 aromatic rings. The maximum Gasteiger partial charge on any atom is 0.243 e. The van der Waals surface area contributed by atoms with Gasteiger partial charge in [-0.15, -0.1) is 0 Å². The van der Waals surface area contributed by atoms with Crippen LogP contribution in [0.3, 0.4) is 0 Å². The van der Waals surface area contributed by atoms with Crippen molar-refractivity contribution < 1.29 is 8.42 Å². The molecular weight excluding hydrogens is 236 g/mol. The molecule has 1 aliphatic rings. The van der Waals surface area contributed by atoms with E-state index >= 15 is 0 Å². The van der Waals surface area contributed by atoms with Crippen LogP contribution in [0.1, 0.15) is 12.8 Å². The zero-order valence-corrected chi connectivity index (χ0v) is 10.4. The molecule has 1 saturated heterocycles. The van der Waals surface area contributed by atoms with E-state index in [0.717, 1.165) is 18.4 Å². The average molecular weight is 252 g/mol. The summed E-state index contributed by atoms with van der Waals surface area (Å²) in [5.41, 5.74) is 7.23. The van der Waals surface area contributed by atoms with Crippen LogP contribution < -0.4 is 5.73 Å². The predicted molar refractivity (Wildman–Crippen MR) is 68.0 cm³/mol. The SMILES string of the molecule is C=C1CCN(S(=O)(=O)c2ccc(N)cc2)CC1. The molecule has 0 atom stereocenters. The van der Waals surface area contributed by atoms with Crippen molar-refractivity contribution in [3.8, 4) is 0 Å². The fraction of sp³-hybridized carbons (Fsp3) is 0.333. The lowest BCUT2D eigenvalue weighted by Crippen LogP contribution is -2.36. The standard InChI is InChI=1S/C12H16N2O2S/c1-10-6-8-14(9-7-10)17(15,16)12-4-2-11(13)3-5-12/h2-5H,1,6-9,13H2. The van der Waals surface area contributed by atoms with Crippen LogP contribution in [0.4, 0.5) is 5.69 Å². The number of anilines is 1. The highest BCUT2D eigenvalue weighted by Gasteiger charge is 2.26. The zero-order valence-electron chi connectivity index (χ0n) is 9.59. The Bertz CT molecular complexity index is 510. The lowest BCUT2D eigenvalue weighted by Gasteiger charge is -2.27. The minimum atomic E-state index is -3.37. The molecule has 17 heavy (non-hydrogen) atoms. The second kappa shape index (κ2) is 4.50. The summed E-state index contributed by atoms with van der Waals surface area (Å²) in [4.78, 5) is 0.305. The molecule has 0 radical (unpaired) electrons. The van der Waals surface area contributed by atoms with Crippen LogP contribution in [-0.4, -0.2) is 25.8 Å². The maximum atomic E-state index is 12.3. The highest BCUT2D eigenvalue weighted by atomic mass is 32.2. The van der Waals surface area contributed by atoms with Gasteiger partial charge in [0, 0.05) is 18.8 Å². The third-order valence-electron chi connectivity index (χ3n) is 2.95. The molecule has 92 valence electrons. The van der Waals surface area contributed by atoms with Gasteiger partial charge in [0.15, 0.2) is 0 Å². The normalized spacial score (nSPS) is 18.2. The first-order valence-electron chi connectivity index (χ1n) is 5.52.